The van der Waals surface area contributed by atoms with E-state index in [-0.39, 0.29) is 29.3 Å². The van der Waals surface area contributed by atoms with E-state index in [4.69, 9.17) is 4.74 Å². The Labute approximate surface area is 138 Å². The largest absolute Gasteiger partial charge is 0.467 e. The molecule has 0 saturated carbocycles. The van der Waals surface area contributed by atoms with E-state index in [1.165, 1.54) is 13.2 Å². The second-order valence-electron chi connectivity index (χ2n) is 7.17. The van der Waals surface area contributed by atoms with Crippen LogP contribution < -0.4 is 4.90 Å². The number of unbranched alkanes of at least 4 members (excludes halogenated alkanes) is 1. The van der Waals surface area contributed by atoms with Crippen molar-refractivity contribution >= 4 is 11.7 Å². The molecule has 0 bridgehead atoms. The molecular formula is C19H28FNO2. The summed E-state index contributed by atoms with van der Waals surface area (Å²) in [6.07, 6.45) is 3.60. The zero-order chi connectivity index (χ0) is 17.2. The number of benzene rings is 1. The van der Waals surface area contributed by atoms with Gasteiger partial charge in [-0.05, 0) is 56.4 Å². The fourth-order valence-electron chi connectivity index (χ4n) is 3.90. The molecule has 128 valence electrons. The smallest absolute Gasteiger partial charge is 0.328 e. The molecule has 1 aliphatic heterocycles. The van der Waals surface area contributed by atoms with Crippen molar-refractivity contribution in [1.29, 1.82) is 0 Å². The van der Waals surface area contributed by atoms with Crippen LogP contribution in [0.2, 0.25) is 0 Å². The molecule has 0 radical (unpaired) electrons. The van der Waals surface area contributed by atoms with E-state index in [9.17, 15) is 9.18 Å². The number of anilines is 1. The number of esters is 1. The summed E-state index contributed by atoms with van der Waals surface area (Å²) < 4.78 is 18.8. The number of hydrogen-bond acceptors (Lipinski definition) is 3. The fourth-order valence-corrected chi connectivity index (χ4v) is 3.90. The van der Waals surface area contributed by atoms with E-state index in [2.05, 4.69) is 32.6 Å². The van der Waals surface area contributed by atoms with Gasteiger partial charge in [0, 0.05) is 11.2 Å². The Morgan fingerprint density at radius 3 is 2.78 bits per heavy atom. The molecule has 1 aromatic rings. The van der Waals surface area contributed by atoms with E-state index >= 15 is 0 Å². The van der Waals surface area contributed by atoms with Gasteiger partial charge in [-0.15, -0.1) is 0 Å². The summed E-state index contributed by atoms with van der Waals surface area (Å²) in [4.78, 5) is 14.6. The van der Waals surface area contributed by atoms with E-state index in [0.29, 0.717) is 0 Å². The molecule has 0 unspecified atom stereocenters. The standard InChI is InChI=1S/C19H28FNO2/c1-6-7-8-17(18(22)23-5)21-16-10-9-14(20)11-15(16)13(2)12-19(21,3)4/h9-11,13,17H,6-8,12H2,1-5H3/t13-,17-/m1/s1. The topological polar surface area (TPSA) is 29.5 Å². The van der Waals surface area contributed by atoms with Gasteiger partial charge in [-0.25, -0.2) is 9.18 Å². The van der Waals surface area contributed by atoms with Gasteiger partial charge in [0.2, 0.25) is 0 Å². The number of methoxy groups -OCH3 is 1. The lowest BCUT2D eigenvalue weighted by Gasteiger charge is -2.50. The maximum atomic E-state index is 13.7. The third-order valence-electron chi connectivity index (χ3n) is 4.85. The van der Waals surface area contributed by atoms with Crippen LogP contribution in [0.4, 0.5) is 10.1 Å². The average Bonchev–Trinajstić information content (AvgIpc) is 2.49. The van der Waals surface area contributed by atoms with Crippen molar-refractivity contribution in [2.45, 2.75) is 70.9 Å². The summed E-state index contributed by atoms with van der Waals surface area (Å²) in [5.74, 6) is -0.175. The summed E-state index contributed by atoms with van der Waals surface area (Å²) in [7, 11) is 1.44. The number of ether oxygens (including phenoxy) is 1. The molecule has 0 saturated heterocycles. The molecule has 0 amide bonds. The average molecular weight is 321 g/mol. The highest BCUT2D eigenvalue weighted by Crippen LogP contribution is 2.45. The summed E-state index contributed by atoms with van der Waals surface area (Å²) in [5.41, 5.74) is 1.76. The van der Waals surface area contributed by atoms with Gasteiger partial charge in [-0.1, -0.05) is 26.7 Å². The van der Waals surface area contributed by atoms with Gasteiger partial charge in [0.15, 0.2) is 0 Å². The maximum Gasteiger partial charge on any atom is 0.328 e. The Bertz CT molecular complexity index is 570. The molecule has 0 N–H and O–H groups in total. The number of carbonyl (C=O) groups excluding carboxylic acids is 1. The van der Waals surface area contributed by atoms with Crippen LogP contribution in [0.15, 0.2) is 18.2 Å². The first kappa shape index (κ1) is 17.8. The Hall–Kier alpha value is -1.58. The molecule has 3 nitrogen and oxygen atoms in total. The zero-order valence-electron chi connectivity index (χ0n) is 14.9. The number of hydrogen-bond donors (Lipinski definition) is 0. The van der Waals surface area contributed by atoms with Crippen LogP contribution in [0.25, 0.3) is 0 Å². The number of halogens is 1. The second kappa shape index (κ2) is 6.90. The number of rotatable bonds is 5. The highest BCUT2D eigenvalue weighted by molar-refractivity contribution is 5.81. The molecule has 0 aromatic heterocycles. The Kier molecular flexibility index (Phi) is 5.33. The van der Waals surface area contributed by atoms with Gasteiger partial charge in [-0.3, -0.25) is 0 Å². The van der Waals surface area contributed by atoms with Gasteiger partial charge < -0.3 is 9.64 Å². The molecular weight excluding hydrogens is 293 g/mol. The van der Waals surface area contributed by atoms with Crippen molar-refractivity contribution in [2.24, 2.45) is 0 Å². The van der Waals surface area contributed by atoms with Crippen molar-refractivity contribution < 1.29 is 13.9 Å². The van der Waals surface area contributed by atoms with Crippen LogP contribution in [0.3, 0.4) is 0 Å². The predicted octanol–water partition coefficient (Wildman–Crippen LogP) is 4.65. The highest BCUT2D eigenvalue weighted by Gasteiger charge is 2.42. The molecule has 0 aliphatic carbocycles. The fraction of sp³-hybridized carbons (Fsp3) is 0.632. The summed E-state index contributed by atoms with van der Waals surface area (Å²) in [6, 6.07) is 4.57. The SMILES string of the molecule is CCCC[C@H](C(=O)OC)N1c2ccc(F)cc2[C@H](C)CC1(C)C. The minimum atomic E-state index is -0.327. The third-order valence-corrected chi connectivity index (χ3v) is 4.85. The van der Waals surface area contributed by atoms with E-state index in [1.807, 2.05) is 6.07 Å². The minimum absolute atomic E-state index is 0.184. The van der Waals surface area contributed by atoms with Gasteiger partial charge in [0.05, 0.1) is 7.11 Å². The number of nitrogens with zero attached hydrogens (tertiary/aromatic N) is 1. The first-order valence-electron chi connectivity index (χ1n) is 8.48. The summed E-state index contributed by atoms with van der Waals surface area (Å²) in [6.45, 7) is 8.53. The van der Waals surface area contributed by atoms with Crippen molar-refractivity contribution in [2.75, 3.05) is 12.0 Å². The molecule has 1 heterocycles. The normalized spacial score (nSPS) is 20.8. The molecule has 0 fully saturated rings. The first-order chi connectivity index (χ1) is 10.8. The third kappa shape index (κ3) is 3.51. The minimum Gasteiger partial charge on any atom is -0.467 e. The van der Waals surface area contributed by atoms with E-state index < -0.39 is 0 Å². The van der Waals surface area contributed by atoms with Crippen molar-refractivity contribution in [1.82, 2.24) is 0 Å². The molecule has 1 aromatic carbocycles. The monoisotopic (exact) mass is 321 g/mol. The van der Waals surface area contributed by atoms with Crippen molar-refractivity contribution in [3.63, 3.8) is 0 Å². The van der Waals surface area contributed by atoms with Crippen LogP contribution in [0, 0.1) is 5.82 Å². The van der Waals surface area contributed by atoms with E-state index in [1.54, 1.807) is 6.07 Å². The van der Waals surface area contributed by atoms with Gasteiger partial charge in [0.25, 0.3) is 0 Å². The van der Waals surface area contributed by atoms with Crippen LogP contribution in [0.5, 0.6) is 0 Å². The number of fused-ring (bicyclic) bond motifs is 1. The van der Waals surface area contributed by atoms with Gasteiger partial charge >= 0.3 is 5.97 Å². The molecule has 0 spiro atoms. The Balaban J connectivity index is 2.52. The highest BCUT2D eigenvalue weighted by atomic mass is 19.1. The maximum absolute atomic E-state index is 13.7. The Morgan fingerprint density at radius 1 is 1.48 bits per heavy atom. The van der Waals surface area contributed by atoms with E-state index in [0.717, 1.165) is 36.9 Å². The molecule has 23 heavy (non-hydrogen) atoms. The van der Waals surface area contributed by atoms with Crippen LogP contribution in [0.1, 0.15) is 64.9 Å². The van der Waals surface area contributed by atoms with Crippen LogP contribution in [-0.4, -0.2) is 24.7 Å². The first-order valence-corrected chi connectivity index (χ1v) is 8.48. The van der Waals surface area contributed by atoms with Crippen LogP contribution >= 0.6 is 0 Å². The lowest BCUT2D eigenvalue weighted by atomic mass is 9.78. The van der Waals surface area contributed by atoms with Gasteiger partial charge in [-0.2, -0.15) is 0 Å². The summed E-state index contributed by atoms with van der Waals surface area (Å²) in [5, 5.41) is 0. The summed E-state index contributed by atoms with van der Waals surface area (Å²) >= 11 is 0. The van der Waals surface area contributed by atoms with Crippen molar-refractivity contribution in [3.8, 4) is 0 Å². The Morgan fingerprint density at radius 2 is 2.17 bits per heavy atom. The lowest BCUT2D eigenvalue weighted by molar-refractivity contribution is -0.142. The second-order valence-corrected chi connectivity index (χ2v) is 7.17. The van der Waals surface area contributed by atoms with Crippen LogP contribution in [-0.2, 0) is 9.53 Å². The quantitative estimate of drug-likeness (QED) is 0.739. The predicted molar refractivity (Wildman–Crippen MR) is 91.3 cm³/mol. The molecule has 1 aliphatic rings. The van der Waals surface area contributed by atoms with Crippen molar-refractivity contribution in [3.05, 3.63) is 29.6 Å². The van der Waals surface area contributed by atoms with Gasteiger partial charge in [0.1, 0.15) is 11.9 Å². The zero-order valence-corrected chi connectivity index (χ0v) is 14.9. The molecule has 4 heteroatoms. The molecule has 2 rings (SSSR count). The molecule has 2 atom stereocenters. The number of carbonyl (C=O) groups is 1. The lowest BCUT2D eigenvalue weighted by Crippen LogP contribution is -2.56.